The van der Waals surface area contributed by atoms with Gasteiger partial charge >= 0.3 is 35.9 Å². The molecule has 2 aromatic carbocycles. The average molecular weight is 1240 g/mol. The summed E-state index contributed by atoms with van der Waals surface area (Å²) in [5.74, 6) is -5.95. The quantitative estimate of drug-likeness (QED) is 0.0274. The average Bonchev–Trinajstić information content (AvgIpc) is 2.58. The molecule has 0 saturated heterocycles. The maximum Gasteiger partial charge on any atom is 0.407 e. The lowest BCUT2D eigenvalue weighted by molar-refractivity contribution is -0.161. The number of carbonyl (C=O) groups is 9. The number of rotatable bonds is 41. The first-order valence-electron chi connectivity index (χ1n) is 31.8. The van der Waals surface area contributed by atoms with Gasteiger partial charge < -0.3 is 49.7 Å². The second-order valence-corrected chi connectivity index (χ2v) is 26.6. The van der Waals surface area contributed by atoms with Gasteiger partial charge in [-0.05, 0) is 110 Å². The molecule has 0 fully saturated rings. The summed E-state index contributed by atoms with van der Waals surface area (Å²) in [6, 6.07) is 11.5. The van der Waals surface area contributed by atoms with Crippen molar-refractivity contribution in [3.8, 4) is 11.1 Å². The van der Waals surface area contributed by atoms with Gasteiger partial charge in [0.1, 0.15) is 54.2 Å². The van der Waals surface area contributed by atoms with Gasteiger partial charge in [-0.2, -0.15) is 11.8 Å². The Bertz CT molecular complexity index is 2440. The van der Waals surface area contributed by atoms with Crippen molar-refractivity contribution in [1.29, 1.82) is 0 Å². The number of amides is 4. The Hall–Kier alpha value is -6.18. The molecule has 4 atom stereocenters. The summed E-state index contributed by atoms with van der Waals surface area (Å²) in [5.41, 5.74) is 1.32. The Balaban J connectivity index is 1.78. The Morgan fingerprint density at radius 3 is 1.48 bits per heavy atom. The summed E-state index contributed by atoms with van der Waals surface area (Å²) < 4.78 is 33.8. The third kappa shape index (κ3) is 32.6. The molecule has 0 radical (unpaired) electrons. The number of unbranched alkanes of at least 4 members (excludes halogenated alkanes) is 14. The number of fused-ring (bicyclic) bond motifs is 3. The molecule has 0 heterocycles. The number of carbonyl (C=O) groups excluding carboxylic acids is 9. The SMILES string of the molecule is CCCCCCCCCCCCCCCC(=O)OC[C@H](CSC[C@H](NC(=O)OCC1c2ccccc2-c2ccccc21)C(=O)NCC(=O)N[C@@H](CCC(=O)OC(C)(C)C)C(=O)N[C@@H](CCC(=O)OC(C)(C)C)C(=O)OC(C)(C)C)OC(=O)CCCCC. The largest absolute Gasteiger partial charge is 0.462 e. The van der Waals surface area contributed by atoms with E-state index in [4.69, 9.17) is 28.4 Å². The minimum Gasteiger partial charge on any atom is -0.462 e. The lowest BCUT2D eigenvalue weighted by Gasteiger charge is -2.27. The van der Waals surface area contributed by atoms with E-state index >= 15 is 0 Å². The van der Waals surface area contributed by atoms with Crippen LogP contribution in [0, 0.1) is 0 Å². The van der Waals surface area contributed by atoms with E-state index in [-0.39, 0.29) is 69.2 Å². The third-order valence-corrected chi connectivity index (χ3v) is 15.1. The van der Waals surface area contributed by atoms with Crippen molar-refractivity contribution in [1.82, 2.24) is 21.3 Å². The number of esters is 5. The third-order valence-electron chi connectivity index (χ3n) is 13.9. The van der Waals surface area contributed by atoms with E-state index in [2.05, 4.69) is 28.2 Å². The Morgan fingerprint density at radius 1 is 0.483 bits per heavy atom. The standard InChI is InChI=1S/C67H104N4O15S/c1-12-14-16-17-18-19-20-21-22-23-24-25-27-36-57(73)81-43-47(83-58(74)37-26-15-13-2)45-87-46-55(71-64(80)82-44-52-50-34-30-28-32-48(50)49-33-29-31-35-51(49)52)61(77)68-42-56(72)69-53(38-40-59(75)84-65(3,4)5)62(78)70-54(63(79)86-67(9,10)11)39-41-60(76)85-66(6,7)8/h28-35,47,52-55H,12-27,36-46H2,1-11H3,(H,68,77)(H,69,72)(H,70,78)(H,71,80)/t47-,53+,54+,55+/m1/s1. The molecule has 0 aliphatic heterocycles. The topological polar surface area (TPSA) is 257 Å². The fourth-order valence-electron chi connectivity index (χ4n) is 9.72. The van der Waals surface area contributed by atoms with Crippen molar-refractivity contribution in [2.24, 2.45) is 0 Å². The molecule has 0 spiro atoms. The highest BCUT2D eigenvalue weighted by atomic mass is 32.2. The van der Waals surface area contributed by atoms with Crippen molar-refractivity contribution >= 4 is 65.4 Å². The fourth-order valence-corrected chi connectivity index (χ4v) is 10.8. The molecule has 0 bridgehead atoms. The predicted molar refractivity (Wildman–Crippen MR) is 337 cm³/mol. The van der Waals surface area contributed by atoms with Gasteiger partial charge in [0, 0.05) is 43.1 Å². The number of benzene rings is 2. The van der Waals surface area contributed by atoms with Crippen LogP contribution in [-0.4, -0.2) is 126 Å². The van der Waals surface area contributed by atoms with Crippen LogP contribution in [0.25, 0.3) is 11.1 Å². The number of hydrogen-bond acceptors (Lipinski definition) is 16. The second-order valence-electron chi connectivity index (χ2n) is 25.5. The molecule has 3 rings (SSSR count). The number of thioether (sulfide) groups is 1. The van der Waals surface area contributed by atoms with Gasteiger partial charge in [0.15, 0.2) is 0 Å². The highest BCUT2D eigenvalue weighted by Gasteiger charge is 2.34. The van der Waals surface area contributed by atoms with Gasteiger partial charge in [0.05, 0.1) is 6.54 Å². The van der Waals surface area contributed by atoms with Crippen molar-refractivity contribution in [3.05, 3.63) is 59.7 Å². The van der Waals surface area contributed by atoms with Crippen LogP contribution >= 0.6 is 11.8 Å². The molecular formula is C67H104N4O15S. The van der Waals surface area contributed by atoms with Crippen LogP contribution in [-0.2, 0) is 66.8 Å². The minimum atomic E-state index is -1.47. The Labute approximate surface area is 522 Å². The van der Waals surface area contributed by atoms with Crippen LogP contribution in [0.4, 0.5) is 4.79 Å². The van der Waals surface area contributed by atoms with Crippen molar-refractivity contribution in [2.45, 2.75) is 264 Å². The maximum atomic E-state index is 14.2. The number of alkyl carbamates (subject to hydrolysis) is 1. The van der Waals surface area contributed by atoms with Crippen LogP contribution in [0.2, 0.25) is 0 Å². The maximum absolute atomic E-state index is 14.2. The first kappa shape index (κ1) is 75.1. The zero-order valence-corrected chi connectivity index (χ0v) is 54.9. The molecule has 87 heavy (non-hydrogen) atoms. The summed E-state index contributed by atoms with van der Waals surface area (Å²) in [7, 11) is 0. The van der Waals surface area contributed by atoms with Gasteiger partial charge in [-0.25, -0.2) is 9.59 Å². The molecule has 20 heteroatoms. The first-order valence-corrected chi connectivity index (χ1v) is 32.9. The molecule has 4 amide bonds. The molecule has 1 aliphatic carbocycles. The minimum absolute atomic E-state index is 0.0625. The van der Waals surface area contributed by atoms with E-state index < -0.39 is 101 Å². The van der Waals surface area contributed by atoms with Crippen LogP contribution in [0.3, 0.4) is 0 Å². The molecule has 488 valence electrons. The van der Waals surface area contributed by atoms with Gasteiger partial charge in [-0.1, -0.05) is 152 Å². The molecule has 0 saturated carbocycles. The number of hydrogen-bond donors (Lipinski definition) is 4. The lowest BCUT2D eigenvalue weighted by atomic mass is 9.98. The van der Waals surface area contributed by atoms with Crippen LogP contribution < -0.4 is 21.3 Å². The van der Waals surface area contributed by atoms with E-state index in [1.165, 1.54) is 57.8 Å². The highest BCUT2D eigenvalue weighted by molar-refractivity contribution is 7.99. The van der Waals surface area contributed by atoms with Crippen molar-refractivity contribution in [2.75, 3.05) is 31.3 Å². The van der Waals surface area contributed by atoms with Crippen molar-refractivity contribution in [3.63, 3.8) is 0 Å². The second kappa shape index (κ2) is 39.7. The molecule has 0 aromatic heterocycles. The van der Waals surface area contributed by atoms with Gasteiger partial charge in [-0.15, -0.1) is 0 Å². The highest BCUT2D eigenvalue weighted by Crippen LogP contribution is 2.44. The van der Waals surface area contributed by atoms with Gasteiger partial charge in [0.2, 0.25) is 17.7 Å². The van der Waals surface area contributed by atoms with E-state index in [0.29, 0.717) is 12.8 Å². The monoisotopic (exact) mass is 1240 g/mol. The zero-order chi connectivity index (χ0) is 64.4. The van der Waals surface area contributed by atoms with Crippen LogP contribution in [0.15, 0.2) is 48.5 Å². The van der Waals surface area contributed by atoms with E-state index in [9.17, 15) is 43.2 Å². The van der Waals surface area contributed by atoms with Gasteiger partial charge in [0.25, 0.3) is 0 Å². The molecule has 4 N–H and O–H groups in total. The first-order chi connectivity index (χ1) is 41.2. The van der Waals surface area contributed by atoms with Gasteiger partial charge in [-0.3, -0.25) is 33.6 Å². The predicted octanol–water partition coefficient (Wildman–Crippen LogP) is 11.8. The van der Waals surface area contributed by atoms with Crippen LogP contribution in [0.1, 0.15) is 234 Å². The smallest absolute Gasteiger partial charge is 0.407 e. The molecule has 19 nitrogen and oxygen atoms in total. The summed E-state index contributed by atoms with van der Waals surface area (Å²) >= 11 is 1.14. The van der Waals surface area contributed by atoms with E-state index in [1.54, 1.807) is 62.3 Å². The van der Waals surface area contributed by atoms with Crippen molar-refractivity contribution < 1.29 is 71.6 Å². The summed E-state index contributed by atoms with van der Waals surface area (Å²) in [4.78, 5) is 121. The number of nitrogens with one attached hydrogen (secondary N) is 4. The summed E-state index contributed by atoms with van der Waals surface area (Å²) in [6.07, 6.45) is 15.0. The Morgan fingerprint density at radius 2 is 0.954 bits per heavy atom. The molecule has 1 aliphatic rings. The van der Waals surface area contributed by atoms with Crippen LogP contribution in [0.5, 0.6) is 0 Å². The number of ether oxygens (including phenoxy) is 6. The normalized spacial score (nSPS) is 13.6. The zero-order valence-electron chi connectivity index (χ0n) is 54.1. The molecular weight excluding hydrogens is 1130 g/mol. The molecule has 2 aromatic rings. The Kier molecular flexibility index (Phi) is 34.2. The molecule has 0 unspecified atom stereocenters. The summed E-state index contributed by atoms with van der Waals surface area (Å²) in [6.45, 7) is 18.2. The van der Waals surface area contributed by atoms with E-state index in [1.807, 2.05) is 55.5 Å². The summed E-state index contributed by atoms with van der Waals surface area (Å²) in [5, 5.41) is 10.3. The fraction of sp³-hybridized carbons (Fsp3) is 0.687. The van der Waals surface area contributed by atoms with E-state index in [0.717, 1.165) is 66.1 Å². The lowest BCUT2D eigenvalue weighted by Crippen LogP contribution is -2.55.